The molecule has 0 radical (unpaired) electrons. The van der Waals surface area contributed by atoms with E-state index in [1.165, 1.54) is 12.1 Å². The molecule has 1 rings (SSSR count). The highest BCUT2D eigenvalue weighted by atomic mass is 35.5. The van der Waals surface area contributed by atoms with Crippen LogP contribution < -0.4 is 5.73 Å². The van der Waals surface area contributed by atoms with Crippen LogP contribution in [0, 0.1) is 11.7 Å². The minimum Gasteiger partial charge on any atom is -0.329 e. The molecule has 18 heavy (non-hydrogen) atoms. The first-order valence-electron chi connectivity index (χ1n) is 6.25. The van der Waals surface area contributed by atoms with Crippen LogP contribution in [0.1, 0.15) is 32.4 Å². The molecule has 2 atom stereocenters. The van der Waals surface area contributed by atoms with Crippen molar-refractivity contribution in [3.63, 3.8) is 0 Å². The molecule has 1 aromatic rings. The Kier molecular flexibility index (Phi) is 5.57. The second kappa shape index (κ2) is 6.50. The van der Waals surface area contributed by atoms with E-state index in [9.17, 15) is 4.39 Å². The van der Waals surface area contributed by atoms with E-state index in [0.29, 0.717) is 23.5 Å². The van der Waals surface area contributed by atoms with Crippen molar-refractivity contribution >= 4 is 11.6 Å². The number of benzene rings is 1. The van der Waals surface area contributed by atoms with Gasteiger partial charge >= 0.3 is 0 Å². The number of likely N-dealkylation sites (N-methyl/N-ethyl adjacent to an activating group) is 1. The molecule has 4 heteroatoms. The highest BCUT2D eigenvalue weighted by Gasteiger charge is 2.24. The summed E-state index contributed by atoms with van der Waals surface area (Å²) in [5, 5.41) is 0.438. The second-order valence-electron chi connectivity index (χ2n) is 5.07. The topological polar surface area (TPSA) is 29.3 Å². The largest absolute Gasteiger partial charge is 0.329 e. The van der Waals surface area contributed by atoms with Gasteiger partial charge in [0.1, 0.15) is 5.82 Å². The molecule has 0 amide bonds. The molecule has 1 aromatic carbocycles. The highest BCUT2D eigenvalue weighted by Crippen LogP contribution is 2.29. The average Bonchev–Trinajstić information content (AvgIpc) is 2.31. The molecule has 0 saturated heterocycles. The molecule has 0 fully saturated rings. The fourth-order valence-electron chi connectivity index (χ4n) is 2.04. The first-order chi connectivity index (χ1) is 8.38. The van der Waals surface area contributed by atoms with Gasteiger partial charge in [0.15, 0.2) is 0 Å². The molecule has 0 bridgehead atoms. The molecular formula is C14H22ClFN2. The maximum Gasteiger partial charge on any atom is 0.124 e. The number of halogens is 2. The first kappa shape index (κ1) is 15.4. The summed E-state index contributed by atoms with van der Waals surface area (Å²) < 4.78 is 13.1. The Balaban J connectivity index is 3.02. The molecule has 0 saturated carbocycles. The van der Waals surface area contributed by atoms with E-state index in [1.807, 2.05) is 7.05 Å². The first-order valence-corrected chi connectivity index (χ1v) is 6.63. The Labute approximate surface area is 114 Å². The van der Waals surface area contributed by atoms with Crippen molar-refractivity contribution < 1.29 is 4.39 Å². The SMILES string of the molecule is CC(C)C(C)N(C)C(CN)c1ccc(F)cc1Cl. The predicted molar refractivity (Wildman–Crippen MR) is 75.3 cm³/mol. The zero-order valence-electron chi connectivity index (χ0n) is 11.5. The molecule has 2 unspecified atom stereocenters. The molecule has 0 heterocycles. The van der Waals surface area contributed by atoms with Gasteiger partial charge in [-0.2, -0.15) is 0 Å². The third-order valence-electron chi connectivity index (χ3n) is 3.64. The van der Waals surface area contributed by atoms with Crippen LogP contribution in [0.5, 0.6) is 0 Å². The Bertz CT molecular complexity index is 395. The molecule has 2 N–H and O–H groups in total. The summed E-state index contributed by atoms with van der Waals surface area (Å²) in [5.74, 6) is 0.197. The van der Waals surface area contributed by atoms with Crippen molar-refractivity contribution in [3.8, 4) is 0 Å². The summed E-state index contributed by atoms with van der Waals surface area (Å²) in [5.41, 5.74) is 6.74. The van der Waals surface area contributed by atoms with Crippen molar-refractivity contribution in [1.29, 1.82) is 0 Å². The fourth-order valence-corrected chi connectivity index (χ4v) is 2.33. The highest BCUT2D eigenvalue weighted by molar-refractivity contribution is 6.31. The van der Waals surface area contributed by atoms with E-state index in [4.69, 9.17) is 17.3 Å². The van der Waals surface area contributed by atoms with Crippen molar-refractivity contribution in [2.45, 2.75) is 32.9 Å². The Morgan fingerprint density at radius 1 is 1.33 bits per heavy atom. The van der Waals surface area contributed by atoms with Crippen LogP contribution in [0.15, 0.2) is 18.2 Å². The van der Waals surface area contributed by atoms with Crippen LogP contribution >= 0.6 is 11.6 Å². The third kappa shape index (κ3) is 3.44. The van der Waals surface area contributed by atoms with Crippen LogP contribution in [0.3, 0.4) is 0 Å². The maximum atomic E-state index is 13.1. The molecule has 0 aliphatic carbocycles. The summed E-state index contributed by atoms with van der Waals surface area (Å²) in [6, 6.07) is 4.87. The smallest absolute Gasteiger partial charge is 0.124 e. The lowest BCUT2D eigenvalue weighted by Crippen LogP contribution is -2.39. The van der Waals surface area contributed by atoms with Crippen molar-refractivity contribution in [2.75, 3.05) is 13.6 Å². The molecule has 0 aliphatic rings. The van der Waals surface area contributed by atoms with E-state index in [2.05, 4.69) is 25.7 Å². The van der Waals surface area contributed by atoms with Gasteiger partial charge in [-0.05, 0) is 37.6 Å². The van der Waals surface area contributed by atoms with E-state index in [-0.39, 0.29) is 11.9 Å². The lowest BCUT2D eigenvalue weighted by Gasteiger charge is -2.35. The number of rotatable bonds is 5. The normalized spacial score (nSPS) is 15.2. The van der Waals surface area contributed by atoms with E-state index in [1.54, 1.807) is 6.07 Å². The number of hydrogen-bond donors (Lipinski definition) is 1. The van der Waals surface area contributed by atoms with E-state index in [0.717, 1.165) is 5.56 Å². The summed E-state index contributed by atoms with van der Waals surface area (Å²) in [6.07, 6.45) is 0. The predicted octanol–water partition coefficient (Wildman–Crippen LogP) is 3.46. The van der Waals surface area contributed by atoms with Gasteiger partial charge in [0.2, 0.25) is 0 Å². The summed E-state index contributed by atoms with van der Waals surface area (Å²) in [4.78, 5) is 2.20. The van der Waals surface area contributed by atoms with Crippen molar-refractivity contribution in [2.24, 2.45) is 11.7 Å². The minimum atomic E-state index is -0.320. The van der Waals surface area contributed by atoms with Crippen LogP contribution in [0.4, 0.5) is 4.39 Å². The van der Waals surface area contributed by atoms with Crippen LogP contribution in [0.25, 0.3) is 0 Å². The monoisotopic (exact) mass is 272 g/mol. The molecular weight excluding hydrogens is 251 g/mol. The quantitative estimate of drug-likeness (QED) is 0.890. The van der Waals surface area contributed by atoms with Gasteiger partial charge in [0.25, 0.3) is 0 Å². The van der Waals surface area contributed by atoms with Crippen LogP contribution in [-0.4, -0.2) is 24.5 Å². The van der Waals surface area contributed by atoms with Gasteiger partial charge < -0.3 is 5.73 Å². The van der Waals surface area contributed by atoms with Gasteiger partial charge in [-0.15, -0.1) is 0 Å². The zero-order chi connectivity index (χ0) is 13.9. The van der Waals surface area contributed by atoms with Gasteiger partial charge in [0, 0.05) is 23.7 Å². The minimum absolute atomic E-state index is 0.00972. The Morgan fingerprint density at radius 3 is 2.39 bits per heavy atom. The maximum absolute atomic E-state index is 13.1. The Morgan fingerprint density at radius 2 is 1.94 bits per heavy atom. The fraction of sp³-hybridized carbons (Fsp3) is 0.571. The Hall–Kier alpha value is -0.640. The van der Waals surface area contributed by atoms with Gasteiger partial charge in [-0.1, -0.05) is 31.5 Å². The average molecular weight is 273 g/mol. The van der Waals surface area contributed by atoms with Crippen LogP contribution in [-0.2, 0) is 0 Å². The summed E-state index contributed by atoms with van der Waals surface area (Å²) in [7, 11) is 2.03. The summed E-state index contributed by atoms with van der Waals surface area (Å²) in [6.45, 7) is 6.95. The van der Waals surface area contributed by atoms with E-state index < -0.39 is 0 Å². The third-order valence-corrected chi connectivity index (χ3v) is 3.97. The molecule has 0 spiro atoms. The van der Waals surface area contributed by atoms with Crippen molar-refractivity contribution in [3.05, 3.63) is 34.6 Å². The molecule has 0 aromatic heterocycles. The van der Waals surface area contributed by atoms with Crippen LogP contribution in [0.2, 0.25) is 5.02 Å². The molecule has 102 valence electrons. The lowest BCUT2D eigenvalue weighted by atomic mass is 9.99. The lowest BCUT2D eigenvalue weighted by molar-refractivity contribution is 0.152. The van der Waals surface area contributed by atoms with Gasteiger partial charge in [-0.25, -0.2) is 4.39 Å². The molecule has 0 aliphatic heterocycles. The van der Waals surface area contributed by atoms with Crippen molar-refractivity contribution in [1.82, 2.24) is 4.90 Å². The number of nitrogens with two attached hydrogens (primary N) is 1. The summed E-state index contributed by atoms with van der Waals surface area (Å²) >= 11 is 6.11. The number of nitrogens with zero attached hydrogens (tertiary/aromatic N) is 1. The van der Waals surface area contributed by atoms with Gasteiger partial charge in [0.05, 0.1) is 0 Å². The standard InChI is InChI=1S/C14H22ClFN2/c1-9(2)10(3)18(4)14(8-17)12-6-5-11(16)7-13(12)15/h5-7,9-10,14H,8,17H2,1-4H3. The molecule has 2 nitrogen and oxygen atoms in total. The zero-order valence-corrected chi connectivity index (χ0v) is 12.2. The van der Waals surface area contributed by atoms with Gasteiger partial charge in [-0.3, -0.25) is 4.90 Å². The number of hydrogen-bond acceptors (Lipinski definition) is 2. The second-order valence-corrected chi connectivity index (χ2v) is 5.47. The van der Waals surface area contributed by atoms with E-state index >= 15 is 0 Å².